The molecule has 2 atom stereocenters. The average Bonchev–Trinajstić information content (AvgIpc) is 2.46. The van der Waals surface area contributed by atoms with E-state index in [-0.39, 0.29) is 6.61 Å². The molecule has 0 radical (unpaired) electrons. The molecule has 0 aromatic rings. The zero-order chi connectivity index (χ0) is 18.5. The van der Waals surface area contributed by atoms with E-state index in [1.165, 1.54) is 13.0 Å². The van der Waals surface area contributed by atoms with Crippen LogP contribution in [0.2, 0.25) is 5.09 Å². The topological polar surface area (TPSA) is 118 Å². The number of rotatable bonds is 9. The van der Waals surface area contributed by atoms with E-state index in [1.54, 1.807) is 30.7 Å². The molecule has 0 spiro atoms. The summed E-state index contributed by atoms with van der Waals surface area (Å²) in [4.78, 5) is 21.7. The summed E-state index contributed by atoms with van der Waals surface area (Å²) < 4.78 is 33.3. The van der Waals surface area contributed by atoms with E-state index in [9.17, 15) is 18.0 Å². The molecule has 0 saturated carbocycles. The summed E-state index contributed by atoms with van der Waals surface area (Å²) in [5.41, 5.74) is 0. The van der Waals surface area contributed by atoms with Crippen LogP contribution in [0.15, 0.2) is 12.2 Å². The Morgan fingerprint density at radius 2 is 1.91 bits per heavy atom. The van der Waals surface area contributed by atoms with Crippen molar-refractivity contribution in [1.82, 2.24) is 0 Å². The van der Waals surface area contributed by atoms with E-state index in [0.29, 0.717) is 11.5 Å². The van der Waals surface area contributed by atoms with Gasteiger partial charge in [0.25, 0.3) is 0 Å². The van der Waals surface area contributed by atoms with Crippen LogP contribution in [0.1, 0.15) is 40.0 Å². The van der Waals surface area contributed by atoms with Gasteiger partial charge in [-0.25, -0.2) is 4.79 Å². The Kier molecular flexibility index (Phi) is 14.5. The van der Waals surface area contributed by atoms with E-state index in [0.717, 1.165) is 12.8 Å². The van der Waals surface area contributed by atoms with Crippen LogP contribution >= 0.6 is 0 Å². The summed E-state index contributed by atoms with van der Waals surface area (Å²) in [6.07, 6.45) is 5.16. The Bertz CT molecular complexity index is 474. The van der Waals surface area contributed by atoms with Gasteiger partial charge in [-0.15, -0.1) is 0 Å². The minimum absolute atomic E-state index is 0.0431. The van der Waals surface area contributed by atoms with Crippen molar-refractivity contribution in [2.24, 2.45) is 5.92 Å². The number of ether oxygens (including phenoxy) is 1. The van der Waals surface area contributed by atoms with Gasteiger partial charge in [-0.05, 0) is 13.3 Å². The summed E-state index contributed by atoms with van der Waals surface area (Å²) in [5, 5.41) is 8.67. The second-order valence-corrected chi connectivity index (χ2v) is 6.88. The van der Waals surface area contributed by atoms with Crippen LogP contribution in [0.4, 0.5) is 0 Å². The fraction of sp³-hybridized carbons (Fsp3) is 0.714. The second kappa shape index (κ2) is 13.6. The zero-order valence-electron chi connectivity index (χ0n) is 14.2. The predicted molar refractivity (Wildman–Crippen MR) is 88.0 cm³/mol. The van der Waals surface area contributed by atoms with Gasteiger partial charge in [0.15, 0.2) is 0 Å². The van der Waals surface area contributed by atoms with Crippen molar-refractivity contribution in [1.29, 1.82) is 0 Å². The first-order chi connectivity index (χ1) is 10.6. The quantitative estimate of drug-likeness (QED) is 0.283. The molecule has 7 nitrogen and oxygen atoms in total. The maximum absolute atomic E-state index is 10.9. The summed E-state index contributed by atoms with van der Waals surface area (Å²) in [5.74, 6) is -1.98. The van der Waals surface area contributed by atoms with E-state index in [4.69, 9.17) is 14.4 Å². The standard InChI is InChI=1S/C11H18O4.C3H7O3S.Li/c1-3-5-7-9(11(13)14)8-15-10(12)6-4-2;1-3(2)7(4,5)6;/h4,6,9H,3,5,7-8H2,1-2H3,(H,13,14);3H,1H2,2H3,(H,4,5,6);. The van der Waals surface area contributed by atoms with E-state index < -0.39 is 33.2 Å². The van der Waals surface area contributed by atoms with Crippen molar-refractivity contribution < 1.29 is 32.4 Å². The number of carboxylic acid groups (broad SMARTS) is 1. The molecule has 0 aliphatic carbocycles. The van der Waals surface area contributed by atoms with Gasteiger partial charge in [0.1, 0.15) is 6.61 Å². The van der Waals surface area contributed by atoms with Gasteiger partial charge in [0.2, 0.25) is 0 Å². The molecule has 0 aliphatic heterocycles. The van der Waals surface area contributed by atoms with E-state index in [2.05, 4.69) is 0 Å². The average molecular weight is 344 g/mol. The Balaban J connectivity index is 0. The molecule has 130 valence electrons. The normalized spacial score (nSPS) is 13.8. The maximum atomic E-state index is 10.9. The third-order valence-corrected chi connectivity index (χ3v) is 4.42. The second-order valence-electron chi connectivity index (χ2n) is 5.04. The van der Waals surface area contributed by atoms with Gasteiger partial charge in [-0.3, -0.25) is 4.79 Å². The van der Waals surface area contributed by atoms with Crippen LogP contribution in [0, 0.1) is 5.92 Å². The van der Waals surface area contributed by atoms with E-state index in [1.807, 2.05) is 6.92 Å². The van der Waals surface area contributed by atoms with Crippen molar-refractivity contribution in [2.45, 2.75) is 50.4 Å². The fourth-order valence-electron chi connectivity index (χ4n) is 1.31. The molecule has 0 bridgehead atoms. The molecular formula is C14H25LiO7S. The summed E-state index contributed by atoms with van der Waals surface area (Å²) >= 11 is 1.71. The monoisotopic (exact) mass is 344 g/mol. The molecule has 0 aromatic heterocycles. The summed E-state index contributed by atoms with van der Waals surface area (Å²) in [6.45, 7) is 5.12. The van der Waals surface area contributed by atoms with Gasteiger partial charge in [0, 0.05) is 6.08 Å². The molecule has 0 saturated heterocycles. The van der Waals surface area contributed by atoms with Crippen molar-refractivity contribution >= 4 is 39.8 Å². The number of carbonyl (C=O) groups excluding carboxylic acids is 1. The van der Waals surface area contributed by atoms with Gasteiger partial charge in [-0.1, -0.05) is 25.8 Å². The predicted octanol–water partition coefficient (Wildman–Crippen LogP) is 1.85. The molecule has 0 rings (SSSR count). The van der Waals surface area contributed by atoms with Crippen LogP contribution in [-0.2, 0) is 24.4 Å². The molecule has 23 heavy (non-hydrogen) atoms. The number of carbonyl (C=O) groups is 2. The van der Waals surface area contributed by atoms with Gasteiger partial charge in [0.05, 0.1) is 5.92 Å². The fourth-order valence-corrected chi connectivity index (χ4v) is 1.73. The van der Waals surface area contributed by atoms with Gasteiger partial charge >= 0.3 is 70.0 Å². The minimum atomic E-state index is -3.75. The molecule has 0 aliphatic rings. The molecule has 0 heterocycles. The first-order valence-corrected chi connectivity index (χ1v) is 9.08. The number of carboxylic acids is 1. The molecule has 2 unspecified atom stereocenters. The van der Waals surface area contributed by atoms with Gasteiger partial charge < -0.3 is 9.84 Å². The number of unbranched alkanes of at least 4 members (excludes halogenated alkanes) is 1. The SMILES string of the molecule is CC=CC(=O)OCC(CCCC)C(=O)O.[Li][CH2]C(C)S(=O)(=O)O. The zero-order valence-corrected chi connectivity index (χ0v) is 15.0. The number of aliphatic carboxylic acids is 1. The third kappa shape index (κ3) is 14.5. The van der Waals surface area contributed by atoms with Crippen molar-refractivity contribution in [3.05, 3.63) is 12.2 Å². The van der Waals surface area contributed by atoms with Crippen molar-refractivity contribution in [3.63, 3.8) is 0 Å². The van der Waals surface area contributed by atoms with Crippen LogP contribution in [0.3, 0.4) is 0 Å². The van der Waals surface area contributed by atoms with Crippen LogP contribution in [0.5, 0.6) is 0 Å². The number of hydrogen-bond donors (Lipinski definition) is 2. The molecule has 0 aromatic carbocycles. The van der Waals surface area contributed by atoms with Crippen LogP contribution in [0.25, 0.3) is 0 Å². The Morgan fingerprint density at radius 3 is 2.22 bits per heavy atom. The first kappa shape index (κ1) is 24.4. The Hall–Kier alpha value is -0.813. The Labute approximate surface area is 147 Å². The molecule has 9 heteroatoms. The number of esters is 1. The molecule has 2 N–H and O–H groups in total. The molecule has 0 amide bonds. The summed E-state index contributed by atoms with van der Waals surface area (Å²) in [7, 11) is -3.75. The number of allylic oxidation sites excluding steroid dienone is 1. The van der Waals surface area contributed by atoms with Gasteiger partial charge in [-0.2, -0.15) is 0 Å². The molecular weight excluding hydrogens is 319 g/mol. The van der Waals surface area contributed by atoms with Crippen molar-refractivity contribution in [2.75, 3.05) is 6.61 Å². The third-order valence-electron chi connectivity index (χ3n) is 3.07. The van der Waals surface area contributed by atoms with Crippen LogP contribution in [-0.4, -0.2) is 59.6 Å². The number of hydrogen-bond acceptors (Lipinski definition) is 5. The Morgan fingerprint density at radius 1 is 1.35 bits per heavy atom. The van der Waals surface area contributed by atoms with E-state index >= 15 is 0 Å². The first-order valence-electron chi connectivity index (χ1n) is 7.58. The van der Waals surface area contributed by atoms with Crippen molar-refractivity contribution in [3.8, 4) is 0 Å². The molecule has 0 fully saturated rings. The summed E-state index contributed by atoms with van der Waals surface area (Å²) in [6, 6.07) is 0. The van der Waals surface area contributed by atoms with Crippen LogP contribution < -0.4 is 0 Å².